The second-order valence-electron chi connectivity index (χ2n) is 6.26. The van der Waals surface area contributed by atoms with Crippen molar-refractivity contribution in [3.8, 4) is 11.4 Å². The second-order valence-corrected chi connectivity index (χ2v) is 6.26. The lowest BCUT2D eigenvalue weighted by Crippen LogP contribution is -2.31. The van der Waals surface area contributed by atoms with E-state index in [4.69, 9.17) is 4.52 Å². The third-order valence-electron chi connectivity index (χ3n) is 5.06. The van der Waals surface area contributed by atoms with E-state index < -0.39 is 0 Å². The first kappa shape index (κ1) is 15.4. The fraction of sp³-hybridized carbons (Fsp3) is 0.500. The molecule has 2 atom stereocenters. The zero-order chi connectivity index (χ0) is 14.4. The molecule has 0 spiro atoms. The second kappa shape index (κ2) is 5.63. The highest BCUT2D eigenvalue weighted by Crippen LogP contribution is 2.47. The summed E-state index contributed by atoms with van der Waals surface area (Å²) in [6.07, 6.45) is 3.55. The van der Waals surface area contributed by atoms with Gasteiger partial charge in [-0.15, -0.1) is 12.4 Å². The highest BCUT2D eigenvalue weighted by molar-refractivity contribution is 5.85. The lowest BCUT2D eigenvalue weighted by Gasteiger charge is -2.22. The molecule has 2 aromatic rings. The molecule has 0 bridgehead atoms. The molecule has 22 heavy (non-hydrogen) atoms. The van der Waals surface area contributed by atoms with Crippen LogP contribution in [0.4, 0.5) is 4.39 Å². The quantitative estimate of drug-likeness (QED) is 0.921. The maximum absolute atomic E-state index is 13.4. The van der Waals surface area contributed by atoms with Crippen LogP contribution in [-0.4, -0.2) is 23.2 Å². The van der Waals surface area contributed by atoms with Gasteiger partial charge in [0.15, 0.2) is 0 Å². The van der Waals surface area contributed by atoms with E-state index >= 15 is 0 Å². The summed E-state index contributed by atoms with van der Waals surface area (Å²) in [5.74, 6) is 1.68. The van der Waals surface area contributed by atoms with E-state index in [2.05, 4.69) is 15.5 Å². The minimum Gasteiger partial charge on any atom is -0.338 e. The summed E-state index contributed by atoms with van der Waals surface area (Å²) in [6.45, 7) is 3.70. The maximum Gasteiger partial charge on any atom is 0.234 e. The van der Waals surface area contributed by atoms with E-state index in [0.29, 0.717) is 17.3 Å². The van der Waals surface area contributed by atoms with Gasteiger partial charge in [-0.2, -0.15) is 4.98 Å². The molecule has 4 nitrogen and oxygen atoms in total. The molecule has 1 saturated heterocycles. The SMILES string of the molecule is Cc1cc(-c2noc([C@@]34CCC[C@@H]3CNC4)n2)ccc1F.Cl. The third-order valence-corrected chi connectivity index (χ3v) is 5.06. The summed E-state index contributed by atoms with van der Waals surface area (Å²) in [5, 5.41) is 7.57. The van der Waals surface area contributed by atoms with Gasteiger partial charge in [-0.05, 0) is 56.0 Å². The molecule has 1 aliphatic heterocycles. The highest BCUT2D eigenvalue weighted by atomic mass is 35.5. The van der Waals surface area contributed by atoms with E-state index in [-0.39, 0.29) is 23.6 Å². The van der Waals surface area contributed by atoms with Gasteiger partial charge >= 0.3 is 0 Å². The van der Waals surface area contributed by atoms with Crippen LogP contribution in [0.25, 0.3) is 11.4 Å². The first-order valence-electron chi connectivity index (χ1n) is 7.50. The van der Waals surface area contributed by atoms with E-state index in [1.165, 1.54) is 18.9 Å². The van der Waals surface area contributed by atoms with Crippen molar-refractivity contribution in [2.45, 2.75) is 31.6 Å². The summed E-state index contributed by atoms with van der Waals surface area (Å²) >= 11 is 0. The molecular formula is C16H19ClFN3O. The minimum absolute atomic E-state index is 0. The van der Waals surface area contributed by atoms with Gasteiger partial charge in [0.25, 0.3) is 0 Å². The molecule has 1 aromatic heterocycles. The van der Waals surface area contributed by atoms with Crippen molar-refractivity contribution in [3.63, 3.8) is 0 Å². The number of benzene rings is 1. The highest BCUT2D eigenvalue weighted by Gasteiger charge is 2.51. The number of fused-ring (bicyclic) bond motifs is 1. The maximum atomic E-state index is 13.4. The standard InChI is InChI=1S/C16H18FN3O.ClH/c1-10-7-11(4-5-13(10)17)14-19-15(21-20-14)16-6-2-3-12(16)8-18-9-16;/h4-5,7,12,18H,2-3,6,8-9H2,1H3;1H/t12-,16-;/m1./s1. The molecular weight excluding hydrogens is 305 g/mol. The molecule has 118 valence electrons. The van der Waals surface area contributed by atoms with Crippen LogP contribution < -0.4 is 5.32 Å². The van der Waals surface area contributed by atoms with Crippen LogP contribution in [0, 0.1) is 18.7 Å². The summed E-state index contributed by atoms with van der Waals surface area (Å²) < 4.78 is 19.0. The Morgan fingerprint density at radius 1 is 1.41 bits per heavy atom. The Kier molecular flexibility index (Phi) is 3.95. The van der Waals surface area contributed by atoms with E-state index in [1.54, 1.807) is 19.1 Å². The summed E-state index contributed by atoms with van der Waals surface area (Å²) in [5.41, 5.74) is 1.42. The number of hydrogen-bond donors (Lipinski definition) is 1. The van der Waals surface area contributed by atoms with Gasteiger partial charge in [0.1, 0.15) is 5.82 Å². The molecule has 1 aliphatic carbocycles. The van der Waals surface area contributed by atoms with Crippen LogP contribution >= 0.6 is 12.4 Å². The first-order chi connectivity index (χ1) is 10.2. The monoisotopic (exact) mass is 323 g/mol. The Morgan fingerprint density at radius 3 is 3.09 bits per heavy atom. The van der Waals surface area contributed by atoms with E-state index in [9.17, 15) is 4.39 Å². The van der Waals surface area contributed by atoms with Crippen molar-refractivity contribution >= 4 is 12.4 Å². The van der Waals surface area contributed by atoms with Crippen LogP contribution in [0.2, 0.25) is 0 Å². The Hall–Kier alpha value is -1.46. The van der Waals surface area contributed by atoms with Crippen molar-refractivity contribution in [2.24, 2.45) is 5.92 Å². The average Bonchev–Trinajstić information content (AvgIpc) is 3.14. The van der Waals surface area contributed by atoms with Crippen molar-refractivity contribution < 1.29 is 8.91 Å². The first-order valence-corrected chi connectivity index (χ1v) is 7.50. The molecule has 0 unspecified atom stereocenters. The molecule has 1 saturated carbocycles. The van der Waals surface area contributed by atoms with Gasteiger partial charge in [0.05, 0.1) is 5.41 Å². The van der Waals surface area contributed by atoms with Crippen LogP contribution in [0.5, 0.6) is 0 Å². The van der Waals surface area contributed by atoms with Crippen molar-refractivity contribution in [1.29, 1.82) is 0 Å². The minimum atomic E-state index is -0.211. The van der Waals surface area contributed by atoms with Crippen molar-refractivity contribution in [1.82, 2.24) is 15.5 Å². The molecule has 2 heterocycles. The zero-order valence-corrected chi connectivity index (χ0v) is 13.3. The Bertz CT molecular complexity index is 678. The lowest BCUT2D eigenvalue weighted by atomic mass is 9.80. The predicted octanol–water partition coefficient (Wildman–Crippen LogP) is 3.25. The average molecular weight is 324 g/mol. The number of halogens is 2. The van der Waals surface area contributed by atoms with Gasteiger partial charge in [-0.3, -0.25) is 0 Å². The number of hydrogen-bond acceptors (Lipinski definition) is 4. The fourth-order valence-electron chi connectivity index (χ4n) is 3.83. The largest absolute Gasteiger partial charge is 0.338 e. The number of nitrogens with zero attached hydrogens (tertiary/aromatic N) is 2. The molecule has 4 rings (SSSR count). The Morgan fingerprint density at radius 2 is 2.27 bits per heavy atom. The number of aromatic nitrogens is 2. The van der Waals surface area contributed by atoms with Gasteiger partial charge in [-0.25, -0.2) is 4.39 Å². The van der Waals surface area contributed by atoms with E-state index in [0.717, 1.165) is 31.0 Å². The normalized spacial score (nSPS) is 26.7. The Balaban J connectivity index is 0.00000144. The molecule has 0 amide bonds. The summed E-state index contributed by atoms with van der Waals surface area (Å²) in [6, 6.07) is 4.92. The number of aryl methyl sites for hydroxylation is 1. The fourth-order valence-corrected chi connectivity index (χ4v) is 3.83. The molecule has 2 aliphatic rings. The molecule has 0 radical (unpaired) electrons. The summed E-state index contributed by atoms with van der Waals surface area (Å²) in [4.78, 5) is 4.63. The van der Waals surface area contributed by atoms with Gasteiger partial charge in [0, 0.05) is 12.1 Å². The van der Waals surface area contributed by atoms with Crippen molar-refractivity contribution in [2.75, 3.05) is 13.1 Å². The predicted molar refractivity (Wildman–Crippen MR) is 83.6 cm³/mol. The molecule has 1 aromatic carbocycles. The lowest BCUT2D eigenvalue weighted by molar-refractivity contribution is 0.265. The van der Waals surface area contributed by atoms with E-state index in [1.807, 2.05) is 0 Å². The third kappa shape index (κ3) is 2.23. The van der Waals surface area contributed by atoms with Crippen LogP contribution in [-0.2, 0) is 5.41 Å². The van der Waals surface area contributed by atoms with Crippen LogP contribution in [0.3, 0.4) is 0 Å². The number of rotatable bonds is 2. The molecule has 6 heteroatoms. The van der Waals surface area contributed by atoms with Gasteiger partial charge < -0.3 is 9.84 Å². The van der Waals surface area contributed by atoms with Crippen LogP contribution in [0.15, 0.2) is 22.7 Å². The molecule has 1 N–H and O–H groups in total. The topological polar surface area (TPSA) is 51.0 Å². The molecule has 2 fully saturated rings. The Labute approximate surface area is 134 Å². The summed E-state index contributed by atoms with van der Waals surface area (Å²) in [7, 11) is 0. The zero-order valence-electron chi connectivity index (χ0n) is 12.4. The smallest absolute Gasteiger partial charge is 0.234 e. The van der Waals surface area contributed by atoms with Gasteiger partial charge in [-0.1, -0.05) is 11.6 Å². The number of nitrogens with one attached hydrogen (secondary N) is 1. The van der Waals surface area contributed by atoms with Gasteiger partial charge in [0.2, 0.25) is 11.7 Å². The van der Waals surface area contributed by atoms with Crippen molar-refractivity contribution in [3.05, 3.63) is 35.5 Å². The van der Waals surface area contributed by atoms with Crippen LogP contribution in [0.1, 0.15) is 30.7 Å².